The Labute approximate surface area is 85.2 Å². The lowest BCUT2D eigenvalue weighted by Gasteiger charge is -2.23. The van der Waals surface area contributed by atoms with E-state index in [1.165, 1.54) is 12.0 Å². The second kappa shape index (κ2) is 4.77. The van der Waals surface area contributed by atoms with Crippen molar-refractivity contribution in [1.82, 2.24) is 5.32 Å². The summed E-state index contributed by atoms with van der Waals surface area (Å²) in [6.07, 6.45) is 1.21. The fourth-order valence-corrected chi connectivity index (χ4v) is 2.22. The van der Waals surface area contributed by atoms with Crippen LogP contribution in [0.3, 0.4) is 0 Å². The third-order valence-electron chi connectivity index (χ3n) is 2.48. The van der Waals surface area contributed by atoms with Gasteiger partial charge in [0, 0.05) is 0 Å². The van der Waals surface area contributed by atoms with Crippen molar-refractivity contribution in [2.75, 3.05) is 13.1 Å². The van der Waals surface area contributed by atoms with Gasteiger partial charge in [-0.15, -0.1) is 0 Å². The zero-order valence-corrected chi connectivity index (χ0v) is 9.58. The molecule has 0 atom stereocenters. The van der Waals surface area contributed by atoms with Gasteiger partial charge in [-0.1, -0.05) is 20.8 Å². The molecule has 0 saturated heterocycles. The summed E-state index contributed by atoms with van der Waals surface area (Å²) in [4.78, 5) is 0. The van der Waals surface area contributed by atoms with Crippen LogP contribution in [0, 0.1) is 0 Å². The zero-order valence-electron chi connectivity index (χ0n) is 8.76. The van der Waals surface area contributed by atoms with Gasteiger partial charge in [-0.3, -0.25) is 0 Å². The van der Waals surface area contributed by atoms with E-state index in [0.717, 1.165) is 13.1 Å². The quantitative estimate of drug-likeness (QED) is 0.715. The maximum absolute atomic E-state index is 3.37. The minimum absolute atomic E-state index is 0.322. The number of nitrogens with one attached hydrogen (secondary N) is 1. The molecule has 74 valence electrons. The molecule has 0 unspecified atom stereocenters. The molecule has 1 nitrogen and oxygen atoms in total. The highest BCUT2D eigenvalue weighted by atomic mass is 32.1. The molecule has 0 aromatic carbocycles. The molecule has 0 radical (unpaired) electrons. The molecule has 0 saturated carbocycles. The van der Waals surface area contributed by atoms with Gasteiger partial charge in [0.25, 0.3) is 0 Å². The summed E-state index contributed by atoms with van der Waals surface area (Å²) in [6, 6.07) is 2.23. The van der Waals surface area contributed by atoms with Gasteiger partial charge in [-0.2, -0.15) is 11.3 Å². The van der Waals surface area contributed by atoms with Crippen molar-refractivity contribution in [2.24, 2.45) is 0 Å². The van der Waals surface area contributed by atoms with Crippen LogP contribution in [0.1, 0.15) is 32.8 Å². The normalized spacial score (nSPS) is 11.9. The summed E-state index contributed by atoms with van der Waals surface area (Å²) in [7, 11) is 0. The first-order chi connectivity index (χ1) is 6.17. The summed E-state index contributed by atoms with van der Waals surface area (Å²) in [5.74, 6) is 0. The first-order valence-electron chi connectivity index (χ1n) is 4.90. The lowest BCUT2D eigenvalue weighted by molar-refractivity contribution is 0.462. The van der Waals surface area contributed by atoms with Crippen LogP contribution >= 0.6 is 11.3 Å². The fourth-order valence-electron chi connectivity index (χ4n) is 1.37. The molecule has 0 spiro atoms. The molecule has 0 aliphatic heterocycles. The van der Waals surface area contributed by atoms with Gasteiger partial charge in [-0.25, -0.2) is 0 Å². The maximum atomic E-state index is 3.37. The van der Waals surface area contributed by atoms with Crippen LogP contribution in [-0.2, 0) is 5.41 Å². The molecular weight excluding hydrogens is 178 g/mol. The van der Waals surface area contributed by atoms with Crippen molar-refractivity contribution in [1.29, 1.82) is 0 Å². The van der Waals surface area contributed by atoms with Crippen LogP contribution in [-0.4, -0.2) is 13.1 Å². The average Bonchev–Trinajstić information content (AvgIpc) is 2.56. The van der Waals surface area contributed by atoms with Gasteiger partial charge < -0.3 is 5.32 Å². The SMILES string of the molecule is CCNCCC(C)(C)c1ccsc1. The molecule has 0 aliphatic rings. The summed E-state index contributed by atoms with van der Waals surface area (Å²) in [6.45, 7) is 8.95. The van der Waals surface area contributed by atoms with E-state index < -0.39 is 0 Å². The van der Waals surface area contributed by atoms with Crippen molar-refractivity contribution in [3.05, 3.63) is 22.4 Å². The number of hydrogen-bond acceptors (Lipinski definition) is 2. The molecule has 1 N–H and O–H groups in total. The second-order valence-corrected chi connectivity index (χ2v) is 4.78. The third-order valence-corrected chi connectivity index (χ3v) is 3.16. The molecule has 1 aromatic rings. The Morgan fingerprint density at radius 2 is 2.23 bits per heavy atom. The van der Waals surface area contributed by atoms with Gasteiger partial charge in [0.15, 0.2) is 0 Å². The van der Waals surface area contributed by atoms with Crippen LogP contribution in [0.15, 0.2) is 16.8 Å². The van der Waals surface area contributed by atoms with Crippen molar-refractivity contribution < 1.29 is 0 Å². The minimum atomic E-state index is 0.322. The van der Waals surface area contributed by atoms with Crippen molar-refractivity contribution >= 4 is 11.3 Å². The van der Waals surface area contributed by atoms with Gasteiger partial charge in [0.1, 0.15) is 0 Å². The summed E-state index contributed by atoms with van der Waals surface area (Å²) in [5, 5.41) is 7.78. The van der Waals surface area contributed by atoms with E-state index in [1.807, 2.05) is 0 Å². The predicted octanol–water partition coefficient (Wildman–Crippen LogP) is 3.03. The first-order valence-corrected chi connectivity index (χ1v) is 5.84. The maximum Gasteiger partial charge on any atom is -0.00407 e. The van der Waals surface area contributed by atoms with Crippen LogP contribution < -0.4 is 5.32 Å². The molecule has 1 heterocycles. The van der Waals surface area contributed by atoms with E-state index in [4.69, 9.17) is 0 Å². The van der Waals surface area contributed by atoms with Crippen molar-refractivity contribution in [3.63, 3.8) is 0 Å². The molecule has 0 bridgehead atoms. The van der Waals surface area contributed by atoms with Gasteiger partial charge >= 0.3 is 0 Å². The Kier molecular flexibility index (Phi) is 3.94. The van der Waals surface area contributed by atoms with Crippen LogP contribution in [0.4, 0.5) is 0 Å². The third kappa shape index (κ3) is 3.12. The molecule has 0 aliphatic carbocycles. The number of thiophene rings is 1. The van der Waals surface area contributed by atoms with E-state index in [9.17, 15) is 0 Å². The van der Waals surface area contributed by atoms with Crippen LogP contribution in [0.25, 0.3) is 0 Å². The summed E-state index contributed by atoms with van der Waals surface area (Å²) < 4.78 is 0. The lowest BCUT2D eigenvalue weighted by atomic mass is 9.83. The lowest BCUT2D eigenvalue weighted by Crippen LogP contribution is -2.24. The Bertz CT molecular complexity index is 226. The van der Waals surface area contributed by atoms with Gasteiger partial charge in [0.2, 0.25) is 0 Å². The summed E-state index contributed by atoms with van der Waals surface area (Å²) in [5.41, 5.74) is 1.79. The first kappa shape index (κ1) is 10.7. The van der Waals surface area contributed by atoms with E-state index >= 15 is 0 Å². The molecule has 1 rings (SSSR count). The summed E-state index contributed by atoms with van der Waals surface area (Å²) >= 11 is 1.79. The topological polar surface area (TPSA) is 12.0 Å². The van der Waals surface area contributed by atoms with E-state index in [-0.39, 0.29) is 0 Å². The average molecular weight is 197 g/mol. The fraction of sp³-hybridized carbons (Fsp3) is 0.636. The largest absolute Gasteiger partial charge is 0.317 e. The standard InChI is InChI=1S/C11H19NS/c1-4-12-7-6-11(2,3)10-5-8-13-9-10/h5,8-9,12H,4,6-7H2,1-3H3. The molecule has 0 fully saturated rings. The van der Waals surface area contributed by atoms with Gasteiger partial charge in [0.05, 0.1) is 0 Å². The smallest absolute Gasteiger partial charge is 0.00407 e. The van der Waals surface area contributed by atoms with Gasteiger partial charge in [-0.05, 0) is 47.3 Å². The van der Waals surface area contributed by atoms with Crippen LogP contribution in [0.5, 0.6) is 0 Å². The predicted molar refractivity (Wildman–Crippen MR) is 60.5 cm³/mol. The van der Waals surface area contributed by atoms with E-state index in [1.54, 1.807) is 11.3 Å². The minimum Gasteiger partial charge on any atom is -0.317 e. The molecular formula is C11H19NS. The zero-order chi connectivity index (χ0) is 9.73. The highest BCUT2D eigenvalue weighted by Crippen LogP contribution is 2.28. The highest BCUT2D eigenvalue weighted by molar-refractivity contribution is 7.08. The molecule has 0 amide bonds. The molecule has 1 aromatic heterocycles. The Hall–Kier alpha value is -0.340. The Morgan fingerprint density at radius 3 is 2.77 bits per heavy atom. The highest BCUT2D eigenvalue weighted by Gasteiger charge is 2.19. The van der Waals surface area contributed by atoms with Crippen LogP contribution in [0.2, 0.25) is 0 Å². The second-order valence-electron chi connectivity index (χ2n) is 4.00. The number of rotatable bonds is 5. The van der Waals surface area contributed by atoms with Crippen molar-refractivity contribution in [2.45, 2.75) is 32.6 Å². The van der Waals surface area contributed by atoms with E-state index in [2.05, 4.69) is 42.9 Å². The van der Waals surface area contributed by atoms with Crippen molar-refractivity contribution in [3.8, 4) is 0 Å². The van der Waals surface area contributed by atoms with E-state index in [0.29, 0.717) is 5.41 Å². The Balaban J connectivity index is 2.46. The Morgan fingerprint density at radius 1 is 1.46 bits per heavy atom. The number of hydrogen-bond donors (Lipinski definition) is 1. The molecule has 2 heteroatoms. The monoisotopic (exact) mass is 197 g/mol. The molecule has 13 heavy (non-hydrogen) atoms.